The van der Waals surface area contributed by atoms with Gasteiger partial charge in [-0.3, -0.25) is 9.69 Å². The van der Waals surface area contributed by atoms with Crippen molar-refractivity contribution in [3.8, 4) is 0 Å². The standard InChI is InChI=1S/C16H23N7OS/c1-12-18-15(10-25-12)8-21-4-2-13-6-22(7-14(13)3-5-21)16(24)9-23-11-17-19-20-23/h10-11,13-14H,2-9H2,1H3/t13-,14+. The summed E-state index contributed by atoms with van der Waals surface area (Å²) in [7, 11) is 0. The minimum absolute atomic E-state index is 0.121. The molecule has 2 aromatic heterocycles. The Hall–Kier alpha value is -1.87. The summed E-state index contributed by atoms with van der Waals surface area (Å²) < 4.78 is 1.49. The maximum absolute atomic E-state index is 12.4. The summed E-state index contributed by atoms with van der Waals surface area (Å²) >= 11 is 1.72. The van der Waals surface area contributed by atoms with E-state index in [0.29, 0.717) is 11.8 Å². The minimum atomic E-state index is 0.121. The van der Waals surface area contributed by atoms with Gasteiger partial charge in [0.05, 0.1) is 10.7 Å². The smallest absolute Gasteiger partial charge is 0.244 e. The number of hydrogen-bond acceptors (Lipinski definition) is 7. The highest BCUT2D eigenvalue weighted by molar-refractivity contribution is 7.09. The number of tetrazole rings is 1. The lowest BCUT2D eigenvalue weighted by Crippen LogP contribution is -2.33. The van der Waals surface area contributed by atoms with Crippen LogP contribution < -0.4 is 0 Å². The fourth-order valence-electron chi connectivity index (χ4n) is 3.96. The first kappa shape index (κ1) is 16.6. The van der Waals surface area contributed by atoms with E-state index in [1.807, 2.05) is 4.90 Å². The largest absolute Gasteiger partial charge is 0.341 e. The average molecular weight is 361 g/mol. The molecule has 2 aliphatic rings. The van der Waals surface area contributed by atoms with Crippen LogP contribution in [-0.2, 0) is 17.9 Å². The van der Waals surface area contributed by atoms with Gasteiger partial charge in [-0.1, -0.05) is 0 Å². The third-order valence-corrected chi connectivity index (χ3v) is 6.12. The Morgan fingerprint density at radius 1 is 1.28 bits per heavy atom. The molecular weight excluding hydrogens is 338 g/mol. The fraction of sp³-hybridized carbons (Fsp3) is 0.688. The summed E-state index contributed by atoms with van der Waals surface area (Å²) in [6, 6.07) is 0. The van der Waals surface area contributed by atoms with Gasteiger partial charge in [-0.05, 0) is 55.1 Å². The summed E-state index contributed by atoms with van der Waals surface area (Å²) in [5.41, 5.74) is 1.19. The third-order valence-electron chi connectivity index (χ3n) is 5.30. The highest BCUT2D eigenvalue weighted by atomic mass is 32.1. The van der Waals surface area contributed by atoms with Gasteiger partial charge >= 0.3 is 0 Å². The van der Waals surface area contributed by atoms with E-state index in [4.69, 9.17) is 0 Å². The molecule has 0 bridgehead atoms. The lowest BCUT2D eigenvalue weighted by atomic mass is 9.92. The molecule has 134 valence electrons. The van der Waals surface area contributed by atoms with Gasteiger partial charge in [-0.25, -0.2) is 9.67 Å². The number of fused-ring (bicyclic) bond motifs is 1. The topological polar surface area (TPSA) is 80.0 Å². The maximum Gasteiger partial charge on any atom is 0.244 e. The van der Waals surface area contributed by atoms with Crippen molar-refractivity contribution in [1.29, 1.82) is 0 Å². The second-order valence-corrected chi connectivity index (χ2v) is 8.10. The SMILES string of the molecule is Cc1nc(CN2CC[C@@H]3CN(C(=O)Cn4cnnn4)C[C@@H]3CC2)cs1. The molecule has 0 aliphatic carbocycles. The zero-order valence-electron chi connectivity index (χ0n) is 14.4. The molecule has 2 atom stereocenters. The van der Waals surface area contributed by atoms with Crippen LogP contribution >= 0.6 is 11.3 Å². The normalized spacial score (nSPS) is 24.3. The Morgan fingerprint density at radius 3 is 2.64 bits per heavy atom. The number of rotatable bonds is 4. The van der Waals surface area contributed by atoms with Crippen LogP contribution in [0.1, 0.15) is 23.5 Å². The number of thiazole rings is 1. The number of aromatic nitrogens is 5. The molecule has 2 saturated heterocycles. The number of amides is 1. The number of carbonyl (C=O) groups excluding carboxylic acids is 1. The molecule has 0 N–H and O–H groups in total. The molecule has 0 saturated carbocycles. The molecule has 1 amide bonds. The zero-order valence-corrected chi connectivity index (χ0v) is 15.2. The van der Waals surface area contributed by atoms with Crippen LogP contribution in [0.2, 0.25) is 0 Å². The summed E-state index contributed by atoms with van der Waals surface area (Å²) in [6.45, 7) is 7.17. The highest BCUT2D eigenvalue weighted by Crippen LogP contribution is 2.32. The van der Waals surface area contributed by atoms with E-state index in [1.165, 1.54) is 16.7 Å². The van der Waals surface area contributed by atoms with E-state index in [2.05, 4.69) is 37.7 Å². The molecule has 8 nitrogen and oxygen atoms in total. The Bertz CT molecular complexity index is 700. The van der Waals surface area contributed by atoms with Crippen molar-refractivity contribution in [2.24, 2.45) is 11.8 Å². The van der Waals surface area contributed by atoms with Gasteiger partial charge in [0.15, 0.2) is 0 Å². The van der Waals surface area contributed by atoms with Crippen LogP contribution in [0.15, 0.2) is 11.7 Å². The monoisotopic (exact) mass is 361 g/mol. The highest BCUT2D eigenvalue weighted by Gasteiger charge is 2.36. The van der Waals surface area contributed by atoms with Crippen molar-refractivity contribution in [3.63, 3.8) is 0 Å². The van der Waals surface area contributed by atoms with Crippen LogP contribution in [0.3, 0.4) is 0 Å². The number of likely N-dealkylation sites (tertiary alicyclic amines) is 2. The quantitative estimate of drug-likeness (QED) is 0.802. The molecule has 4 heterocycles. The van der Waals surface area contributed by atoms with Gasteiger partial charge < -0.3 is 4.90 Å². The lowest BCUT2D eigenvalue weighted by Gasteiger charge is -2.21. The van der Waals surface area contributed by atoms with Crippen LogP contribution in [-0.4, -0.2) is 67.1 Å². The Morgan fingerprint density at radius 2 is 2.04 bits per heavy atom. The summed E-state index contributed by atoms with van der Waals surface area (Å²) in [5, 5.41) is 14.3. The molecule has 0 radical (unpaired) electrons. The fourth-order valence-corrected chi connectivity index (χ4v) is 4.57. The zero-order chi connectivity index (χ0) is 17.2. The van der Waals surface area contributed by atoms with E-state index >= 15 is 0 Å². The number of carbonyl (C=O) groups is 1. The van der Waals surface area contributed by atoms with E-state index in [0.717, 1.165) is 50.6 Å². The van der Waals surface area contributed by atoms with Gasteiger partial charge in [0, 0.05) is 25.0 Å². The molecule has 2 aromatic rings. The van der Waals surface area contributed by atoms with Gasteiger partial charge in [0.2, 0.25) is 5.91 Å². The summed E-state index contributed by atoms with van der Waals surface area (Å²) in [5.74, 6) is 1.34. The van der Waals surface area contributed by atoms with E-state index < -0.39 is 0 Å². The lowest BCUT2D eigenvalue weighted by molar-refractivity contribution is -0.131. The molecule has 9 heteroatoms. The molecule has 2 aliphatic heterocycles. The Kier molecular flexibility index (Phi) is 4.76. The number of hydrogen-bond donors (Lipinski definition) is 0. The Balaban J connectivity index is 1.30. The predicted octanol–water partition coefficient (Wildman–Crippen LogP) is 0.809. The van der Waals surface area contributed by atoms with Gasteiger partial charge in [0.25, 0.3) is 0 Å². The summed E-state index contributed by atoms with van der Waals surface area (Å²) in [4.78, 5) is 21.5. The van der Waals surface area contributed by atoms with Crippen LogP contribution in [0.25, 0.3) is 0 Å². The van der Waals surface area contributed by atoms with E-state index in [-0.39, 0.29) is 12.5 Å². The molecule has 25 heavy (non-hydrogen) atoms. The maximum atomic E-state index is 12.4. The van der Waals surface area contributed by atoms with E-state index in [1.54, 1.807) is 11.3 Å². The first-order chi connectivity index (χ1) is 12.2. The molecular formula is C16H23N7OS. The van der Waals surface area contributed by atoms with Crippen molar-refractivity contribution in [3.05, 3.63) is 22.4 Å². The number of nitrogens with zero attached hydrogens (tertiary/aromatic N) is 7. The molecule has 4 rings (SSSR count). The van der Waals surface area contributed by atoms with Gasteiger partial charge in [-0.15, -0.1) is 16.4 Å². The number of aryl methyl sites for hydroxylation is 1. The average Bonchev–Trinajstić information content (AvgIpc) is 3.30. The first-order valence-corrected chi connectivity index (χ1v) is 9.67. The van der Waals surface area contributed by atoms with Crippen molar-refractivity contribution < 1.29 is 4.79 Å². The third kappa shape index (κ3) is 3.87. The van der Waals surface area contributed by atoms with Crippen molar-refractivity contribution in [2.75, 3.05) is 26.2 Å². The van der Waals surface area contributed by atoms with Crippen LogP contribution in [0.4, 0.5) is 0 Å². The van der Waals surface area contributed by atoms with Crippen molar-refractivity contribution in [1.82, 2.24) is 35.0 Å². The van der Waals surface area contributed by atoms with Gasteiger partial charge in [-0.2, -0.15) is 0 Å². The summed E-state index contributed by atoms with van der Waals surface area (Å²) in [6.07, 6.45) is 3.80. The Labute approximate surface area is 150 Å². The minimum Gasteiger partial charge on any atom is -0.341 e. The van der Waals surface area contributed by atoms with Gasteiger partial charge in [0.1, 0.15) is 12.9 Å². The van der Waals surface area contributed by atoms with Crippen LogP contribution in [0.5, 0.6) is 0 Å². The molecule has 0 aromatic carbocycles. The second kappa shape index (κ2) is 7.17. The molecule has 0 unspecified atom stereocenters. The molecule has 0 spiro atoms. The second-order valence-electron chi connectivity index (χ2n) is 7.04. The van der Waals surface area contributed by atoms with Crippen molar-refractivity contribution >= 4 is 17.2 Å². The first-order valence-electron chi connectivity index (χ1n) is 8.79. The predicted molar refractivity (Wildman–Crippen MR) is 92.7 cm³/mol. The van der Waals surface area contributed by atoms with Crippen molar-refractivity contribution in [2.45, 2.75) is 32.9 Å². The van der Waals surface area contributed by atoms with E-state index in [9.17, 15) is 4.79 Å². The van der Waals surface area contributed by atoms with Crippen LogP contribution in [0, 0.1) is 18.8 Å². The molecule has 2 fully saturated rings.